The second-order valence-electron chi connectivity index (χ2n) is 6.97. The van der Waals surface area contributed by atoms with Crippen LogP contribution in [0.3, 0.4) is 0 Å². The second kappa shape index (κ2) is 6.63. The summed E-state index contributed by atoms with van der Waals surface area (Å²) in [5.74, 6) is 0.974. The molecule has 0 bridgehead atoms. The van der Waals surface area contributed by atoms with Crippen molar-refractivity contribution in [3.05, 3.63) is 24.3 Å². The summed E-state index contributed by atoms with van der Waals surface area (Å²) in [4.78, 5) is 0. The zero-order valence-electron chi connectivity index (χ0n) is 13.0. The van der Waals surface area contributed by atoms with Gasteiger partial charge in [0.1, 0.15) is 5.75 Å². The Morgan fingerprint density at radius 3 is 2.38 bits per heavy atom. The number of halogens is 2. The van der Waals surface area contributed by atoms with Crippen molar-refractivity contribution < 1.29 is 13.5 Å². The molecule has 0 spiro atoms. The molecular formula is C17H25F2NO. The highest BCUT2D eigenvalue weighted by molar-refractivity contribution is 5.48. The molecule has 1 aliphatic carbocycles. The van der Waals surface area contributed by atoms with Crippen LogP contribution in [0.2, 0.25) is 0 Å². The van der Waals surface area contributed by atoms with Crippen LogP contribution in [0.4, 0.5) is 14.5 Å². The van der Waals surface area contributed by atoms with Gasteiger partial charge in [-0.3, -0.25) is 0 Å². The normalized spacial score (nSPS) is 23.1. The van der Waals surface area contributed by atoms with Crippen LogP contribution < -0.4 is 10.1 Å². The summed E-state index contributed by atoms with van der Waals surface area (Å²) >= 11 is 0. The Hall–Kier alpha value is -1.32. The van der Waals surface area contributed by atoms with E-state index in [0.29, 0.717) is 11.5 Å². The number of rotatable bonds is 4. The van der Waals surface area contributed by atoms with Gasteiger partial charge < -0.3 is 10.1 Å². The van der Waals surface area contributed by atoms with Gasteiger partial charge in [-0.25, -0.2) is 0 Å². The van der Waals surface area contributed by atoms with Gasteiger partial charge >= 0.3 is 6.61 Å². The number of nitrogens with one attached hydrogen (secondary N) is 1. The van der Waals surface area contributed by atoms with Gasteiger partial charge in [0.15, 0.2) is 0 Å². The molecule has 4 heteroatoms. The molecular weight excluding hydrogens is 272 g/mol. The third-order valence-corrected chi connectivity index (χ3v) is 4.38. The highest BCUT2D eigenvalue weighted by Crippen LogP contribution is 2.38. The molecule has 1 aromatic rings. The summed E-state index contributed by atoms with van der Waals surface area (Å²) in [7, 11) is 0. The van der Waals surface area contributed by atoms with E-state index in [-0.39, 0.29) is 5.75 Å². The first kappa shape index (κ1) is 16.1. The minimum Gasteiger partial charge on any atom is -0.435 e. The van der Waals surface area contributed by atoms with E-state index >= 15 is 0 Å². The predicted molar refractivity (Wildman–Crippen MR) is 81.9 cm³/mol. The highest BCUT2D eigenvalue weighted by Gasteiger charge is 2.29. The van der Waals surface area contributed by atoms with Gasteiger partial charge in [0.25, 0.3) is 0 Å². The summed E-state index contributed by atoms with van der Waals surface area (Å²) in [6, 6.07) is 7.25. The SMILES string of the molecule is CC(C)(C)C1CCC(Nc2cccc(OC(F)F)c2)CC1. The van der Waals surface area contributed by atoms with E-state index in [0.717, 1.165) is 24.4 Å². The second-order valence-corrected chi connectivity index (χ2v) is 6.97. The van der Waals surface area contributed by atoms with Crippen LogP contribution in [0.5, 0.6) is 5.75 Å². The summed E-state index contributed by atoms with van der Waals surface area (Å²) in [5.41, 5.74) is 1.23. The number of benzene rings is 1. The molecule has 1 aliphatic rings. The molecule has 1 aromatic carbocycles. The molecule has 0 atom stereocenters. The van der Waals surface area contributed by atoms with Crippen molar-refractivity contribution in [3.8, 4) is 5.75 Å². The molecule has 0 amide bonds. The van der Waals surface area contributed by atoms with E-state index in [1.54, 1.807) is 18.2 Å². The molecule has 118 valence electrons. The summed E-state index contributed by atoms with van der Waals surface area (Å²) in [6.45, 7) is 4.13. The Morgan fingerprint density at radius 1 is 1.14 bits per heavy atom. The van der Waals surface area contributed by atoms with Crippen molar-refractivity contribution in [1.82, 2.24) is 0 Å². The summed E-state index contributed by atoms with van der Waals surface area (Å²) in [6.07, 6.45) is 4.69. The molecule has 0 radical (unpaired) electrons. The molecule has 1 N–H and O–H groups in total. The molecule has 2 rings (SSSR count). The summed E-state index contributed by atoms with van der Waals surface area (Å²) in [5, 5.41) is 3.44. The first-order chi connectivity index (χ1) is 9.84. The Labute approximate surface area is 125 Å². The topological polar surface area (TPSA) is 21.3 Å². The van der Waals surface area contributed by atoms with Gasteiger partial charge in [-0.15, -0.1) is 0 Å². The van der Waals surface area contributed by atoms with Gasteiger partial charge in [0, 0.05) is 17.8 Å². The van der Waals surface area contributed by atoms with Gasteiger partial charge in [-0.05, 0) is 49.1 Å². The molecule has 21 heavy (non-hydrogen) atoms. The average Bonchev–Trinajstić information content (AvgIpc) is 2.38. The molecule has 0 heterocycles. The highest BCUT2D eigenvalue weighted by atomic mass is 19.3. The van der Waals surface area contributed by atoms with Crippen LogP contribution in [-0.2, 0) is 0 Å². The summed E-state index contributed by atoms with van der Waals surface area (Å²) < 4.78 is 28.9. The fourth-order valence-corrected chi connectivity index (χ4v) is 3.10. The van der Waals surface area contributed by atoms with E-state index in [1.807, 2.05) is 6.07 Å². The van der Waals surface area contributed by atoms with Crippen molar-refractivity contribution in [1.29, 1.82) is 0 Å². The average molecular weight is 297 g/mol. The largest absolute Gasteiger partial charge is 0.435 e. The zero-order valence-corrected chi connectivity index (χ0v) is 13.0. The first-order valence-corrected chi connectivity index (χ1v) is 7.66. The molecule has 0 saturated heterocycles. The lowest BCUT2D eigenvalue weighted by Gasteiger charge is -2.37. The maximum absolute atomic E-state index is 12.2. The molecule has 0 unspecified atom stereocenters. The maximum atomic E-state index is 12.2. The van der Waals surface area contributed by atoms with Crippen LogP contribution in [-0.4, -0.2) is 12.7 Å². The Morgan fingerprint density at radius 2 is 1.81 bits per heavy atom. The molecule has 0 aromatic heterocycles. The molecule has 0 aliphatic heterocycles. The standard InChI is InChI=1S/C17H25F2NO/c1-17(2,3)12-7-9-13(10-8-12)20-14-5-4-6-15(11-14)21-16(18)19/h4-6,11-13,16,20H,7-10H2,1-3H3. The lowest BCUT2D eigenvalue weighted by Crippen LogP contribution is -2.31. The predicted octanol–water partition coefficient (Wildman–Crippen LogP) is 5.30. The van der Waals surface area contributed by atoms with Crippen molar-refractivity contribution >= 4 is 5.69 Å². The minimum absolute atomic E-state index is 0.207. The quantitative estimate of drug-likeness (QED) is 0.813. The third-order valence-electron chi connectivity index (χ3n) is 4.38. The Kier molecular flexibility index (Phi) is 5.07. The third kappa shape index (κ3) is 4.87. The number of hydrogen-bond acceptors (Lipinski definition) is 2. The lowest BCUT2D eigenvalue weighted by atomic mass is 9.71. The fourth-order valence-electron chi connectivity index (χ4n) is 3.10. The van der Waals surface area contributed by atoms with Gasteiger partial charge in [0.05, 0.1) is 0 Å². The smallest absolute Gasteiger partial charge is 0.387 e. The molecule has 1 fully saturated rings. The van der Waals surface area contributed by atoms with Gasteiger partial charge in [-0.2, -0.15) is 8.78 Å². The maximum Gasteiger partial charge on any atom is 0.387 e. The van der Waals surface area contributed by atoms with Crippen LogP contribution in [0, 0.1) is 11.3 Å². The zero-order chi connectivity index (χ0) is 15.5. The Bertz CT molecular complexity index is 448. The van der Waals surface area contributed by atoms with Gasteiger partial charge in [0.2, 0.25) is 0 Å². The van der Waals surface area contributed by atoms with E-state index < -0.39 is 6.61 Å². The van der Waals surface area contributed by atoms with Crippen LogP contribution in [0.1, 0.15) is 46.5 Å². The minimum atomic E-state index is -2.78. The van der Waals surface area contributed by atoms with E-state index in [1.165, 1.54) is 12.8 Å². The number of ether oxygens (including phenoxy) is 1. The number of hydrogen-bond donors (Lipinski definition) is 1. The number of alkyl halides is 2. The van der Waals surface area contributed by atoms with Crippen LogP contribution in [0.15, 0.2) is 24.3 Å². The van der Waals surface area contributed by atoms with Gasteiger partial charge in [-0.1, -0.05) is 26.8 Å². The van der Waals surface area contributed by atoms with Crippen molar-refractivity contribution in [2.24, 2.45) is 11.3 Å². The monoisotopic (exact) mass is 297 g/mol. The van der Waals surface area contributed by atoms with Crippen molar-refractivity contribution in [3.63, 3.8) is 0 Å². The Balaban J connectivity index is 1.89. The molecule has 1 saturated carbocycles. The fraction of sp³-hybridized carbons (Fsp3) is 0.647. The van der Waals surface area contributed by atoms with Crippen molar-refractivity contribution in [2.75, 3.05) is 5.32 Å². The first-order valence-electron chi connectivity index (χ1n) is 7.66. The van der Waals surface area contributed by atoms with E-state index in [4.69, 9.17) is 0 Å². The van der Waals surface area contributed by atoms with Crippen LogP contribution >= 0.6 is 0 Å². The van der Waals surface area contributed by atoms with E-state index in [2.05, 4.69) is 30.8 Å². The molecule has 2 nitrogen and oxygen atoms in total. The number of anilines is 1. The van der Waals surface area contributed by atoms with Crippen molar-refractivity contribution in [2.45, 2.75) is 59.1 Å². The van der Waals surface area contributed by atoms with Crippen LogP contribution in [0.25, 0.3) is 0 Å². The van der Waals surface area contributed by atoms with E-state index in [9.17, 15) is 8.78 Å². The lowest BCUT2D eigenvalue weighted by molar-refractivity contribution is -0.0498.